The molecular weight excluding hydrogens is 182 g/mol. The Balaban J connectivity index is 0.000000292. The molecule has 1 aliphatic rings. The highest BCUT2D eigenvalue weighted by atomic mass is 16.5. The summed E-state index contributed by atoms with van der Waals surface area (Å²) in [6, 6.07) is 0. The molecule has 14 heavy (non-hydrogen) atoms. The van der Waals surface area contributed by atoms with Gasteiger partial charge in [0.25, 0.3) is 0 Å². The number of ether oxygens (including phenoxy) is 1. The van der Waals surface area contributed by atoms with E-state index in [1.807, 2.05) is 6.08 Å². The monoisotopic (exact) mass is 201 g/mol. The number of aliphatic carboxylic acids is 1. The van der Waals surface area contributed by atoms with Gasteiger partial charge in [0.1, 0.15) is 6.23 Å². The molecule has 0 saturated heterocycles. The van der Waals surface area contributed by atoms with Crippen LogP contribution in [-0.4, -0.2) is 24.4 Å². The van der Waals surface area contributed by atoms with Crippen LogP contribution in [0.5, 0.6) is 0 Å². The average Bonchev–Trinajstić information content (AvgIpc) is 2.20. The summed E-state index contributed by atoms with van der Waals surface area (Å²) in [7, 11) is 1.57. The predicted octanol–water partition coefficient (Wildman–Crippen LogP) is 1.51. The maximum atomic E-state index is 10.3. The lowest BCUT2D eigenvalue weighted by atomic mass is 10.0. The summed E-state index contributed by atoms with van der Waals surface area (Å²) in [6.07, 6.45) is 5.60. The molecule has 0 heterocycles. The van der Waals surface area contributed by atoms with Crippen LogP contribution >= 0.6 is 0 Å². The second-order valence-electron chi connectivity index (χ2n) is 3.22. The molecule has 1 atom stereocenters. The van der Waals surface area contributed by atoms with Crippen LogP contribution in [0.25, 0.3) is 0 Å². The highest BCUT2D eigenvalue weighted by molar-refractivity contribution is 5.86. The smallest absolute Gasteiger partial charge is 0.331 e. The lowest BCUT2D eigenvalue weighted by Crippen LogP contribution is -2.15. The van der Waals surface area contributed by atoms with Crippen molar-refractivity contribution in [3.63, 3.8) is 0 Å². The Hall–Kier alpha value is -0.870. The van der Waals surface area contributed by atoms with Gasteiger partial charge in [0.15, 0.2) is 0 Å². The highest BCUT2D eigenvalue weighted by Crippen LogP contribution is 2.16. The first kappa shape index (κ1) is 13.1. The maximum absolute atomic E-state index is 10.3. The molecule has 0 spiro atoms. The van der Waals surface area contributed by atoms with Crippen molar-refractivity contribution in [2.24, 2.45) is 5.73 Å². The number of carboxylic acids is 1. The molecule has 1 rings (SSSR count). The van der Waals surface area contributed by atoms with Crippen LogP contribution < -0.4 is 5.73 Å². The van der Waals surface area contributed by atoms with E-state index in [4.69, 9.17) is 10.8 Å². The average molecular weight is 201 g/mol. The highest BCUT2D eigenvalue weighted by Gasteiger charge is 2.08. The molecule has 82 valence electrons. The second kappa shape index (κ2) is 7.53. The van der Waals surface area contributed by atoms with Crippen molar-refractivity contribution >= 4 is 5.97 Å². The molecule has 0 aliphatic heterocycles. The maximum Gasteiger partial charge on any atom is 0.331 e. The fraction of sp³-hybridized carbons (Fsp3) is 0.700. The van der Waals surface area contributed by atoms with Gasteiger partial charge >= 0.3 is 5.97 Å². The van der Waals surface area contributed by atoms with Crippen molar-refractivity contribution in [3.8, 4) is 0 Å². The van der Waals surface area contributed by atoms with Crippen molar-refractivity contribution in [1.29, 1.82) is 0 Å². The molecule has 1 unspecified atom stereocenters. The summed E-state index contributed by atoms with van der Waals surface area (Å²) in [5.74, 6) is -0.741. The van der Waals surface area contributed by atoms with E-state index in [-0.39, 0.29) is 6.23 Å². The van der Waals surface area contributed by atoms with E-state index < -0.39 is 5.97 Å². The summed E-state index contributed by atoms with van der Waals surface area (Å²) in [5.41, 5.74) is 5.67. The minimum Gasteiger partial charge on any atom is -0.478 e. The van der Waals surface area contributed by atoms with Gasteiger partial charge in [-0.05, 0) is 32.6 Å². The van der Waals surface area contributed by atoms with E-state index >= 15 is 0 Å². The molecule has 0 saturated carbocycles. The second-order valence-corrected chi connectivity index (χ2v) is 3.22. The van der Waals surface area contributed by atoms with Gasteiger partial charge in [-0.3, -0.25) is 0 Å². The summed E-state index contributed by atoms with van der Waals surface area (Å²) in [6.45, 7) is 1.78. The number of allylic oxidation sites excluding steroid dienone is 1. The van der Waals surface area contributed by atoms with Crippen molar-refractivity contribution in [3.05, 3.63) is 11.6 Å². The number of hydrogen-bond acceptors (Lipinski definition) is 3. The number of nitrogens with two attached hydrogens (primary N) is 1. The van der Waals surface area contributed by atoms with Gasteiger partial charge in [-0.1, -0.05) is 6.08 Å². The zero-order valence-electron chi connectivity index (χ0n) is 8.82. The van der Waals surface area contributed by atoms with Crippen molar-refractivity contribution in [2.45, 2.75) is 38.8 Å². The normalized spacial score (nSPS) is 17.5. The molecule has 4 nitrogen and oxygen atoms in total. The molecule has 0 radical (unpaired) electrons. The molecule has 4 heteroatoms. The number of hydrogen-bond donors (Lipinski definition) is 2. The number of rotatable bonds is 2. The first-order valence-corrected chi connectivity index (χ1v) is 4.78. The summed E-state index contributed by atoms with van der Waals surface area (Å²) < 4.78 is 4.53. The quantitative estimate of drug-likeness (QED) is 0.664. The summed E-state index contributed by atoms with van der Waals surface area (Å²) in [5, 5.41) is 8.47. The molecule has 1 aliphatic carbocycles. The zero-order chi connectivity index (χ0) is 11.0. The van der Waals surface area contributed by atoms with Gasteiger partial charge in [-0.15, -0.1) is 0 Å². The summed E-state index contributed by atoms with van der Waals surface area (Å²) in [4.78, 5) is 10.3. The van der Waals surface area contributed by atoms with Crippen molar-refractivity contribution in [1.82, 2.24) is 0 Å². The third-order valence-electron chi connectivity index (χ3n) is 1.94. The Bertz CT molecular complexity index is 200. The molecule has 0 aromatic rings. The predicted molar refractivity (Wildman–Crippen MR) is 54.8 cm³/mol. The van der Waals surface area contributed by atoms with E-state index in [2.05, 4.69) is 4.74 Å². The van der Waals surface area contributed by atoms with Crippen LogP contribution in [0.2, 0.25) is 0 Å². The largest absolute Gasteiger partial charge is 0.478 e. The van der Waals surface area contributed by atoms with Crippen LogP contribution in [0.1, 0.15) is 32.6 Å². The van der Waals surface area contributed by atoms with Crippen LogP contribution in [-0.2, 0) is 9.53 Å². The molecule has 3 N–H and O–H groups in total. The van der Waals surface area contributed by atoms with Crippen molar-refractivity contribution < 1.29 is 14.6 Å². The van der Waals surface area contributed by atoms with E-state index in [9.17, 15) is 4.79 Å². The summed E-state index contributed by atoms with van der Waals surface area (Å²) >= 11 is 0. The first-order valence-electron chi connectivity index (χ1n) is 4.78. The molecule has 0 bridgehead atoms. The van der Waals surface area contributed by atoms with E-state index in [0.717, 1.165) is 25.7 Å². The van der Waals surface area contributed by atoms with Crippen LogP contribution in [0, 0.1) is 0 Å². The molecule has 0 aromatic carbocycles. The van der Waals surface area contributed by atoms with Gasteiger partial charge in [0.05, 0.1) is 0 Å². The molecule has 0 fully saturated rings. The van der Waals surface area contributed by atoms with Crippen LogP contribution in [0.4, 0.5) is 0 Å². The Kier molecular flexibility index (Phi) is 7.06. The van der Waals surface area contributed by atoms with E-state index in [1.165, 1.54) is 0 Å². The fourth-order valence-electron chi connectivity index (χ4n) is 1.03. The van der Waals surface area contributed by atoms with Gasteiger partial charge in [0, 0.05) is 12.7 Å². The molecule has 0 amide bonds. The Morgan fingerprint density at radius 1 is 1.64 bits per heavy atom. The zero-order valence-corrected chi connectivity index (χ0v) is 8.82. The SMILES string of the molecule is COC(C)N.O=C(O)C1=CCCCC1. The van der Waals surface area contributed by atoms with Crippen LogP contribution in [0.3, 0.4) is 0 Å². The van der Waals surface area contributed by atoms with E-state index in [1.54, 1.807) is 14.0 Å². The van der Waals surface area contributed by atoms with Gasteiger partial charge in [-0.25, -0.2) is 4.79 Å². The number of carbonyl (C=O) groups is 1. The molecular formula is C10H19NO3. The van der Waals surface area contributed by atoms with Crippen LogP contribution in [0.15, 0.2) is 11.6 Å². The van der Waals surface area contributed by atoms with Gasteiger partial charge in [0.2, 0.25) is 0 Å². The van der Waals surface area contributed by atoms with Gasteiger partial charge in [-0.2, -0.15) is 0 Å². The third-order valence-corrected chi connectivity index (χ3v) is 1.94. The number of methoxy groups -OCH3 is 1. The Morgan fingerprint density at radius 3 is 2.43 bits per heavy atom. The number of carboxylic acid groups (broad SMARTS) is 1. The standard InChI is InChI=1S/C7H10O2.C3H9NO/c8-7(9)6-4-2-1-3-5-6;1-3(4)5-2/h4H,1-3,5H2,(H,8,9);3H,4H2,1-2H3. The Labute approximate surface area is 84.7 Å². The fourth-order valence-corrected chi connectivity index (χ4v) is 1.03. The lowest BCUT2D eigenvalue weighted by molar-refractivity contribution is -0.132. The third kappa shape index (κ3) is 6.62. The minimum absolute atomic E-state index is 0.116. The minimum atomic E-state index is -0.741. The Morgan fingerprint density at radius 2 is 2.21 bits per heavy atom. The van der Waals surface area contributed by atoms with E-state index in [0.29, 0.717) is 5.57 Å². The van der Waals surface area contributed by atoms with Crippen molar-refractivity contribution in [2.75, 3.05) is 7.11 Å². The van der Waals surface area contributed by atoms with Gasteiger partial charge < -0.3 is 15.6 Å². The molecule has 0 aromatic heterocycles. The first-order chi connectivity index (χ1) is 6.57. The topological polar surface area (TPSA) is 72.5 Å². The lowest BCUT2D eigenvalue weighted by Gasteiger charge is -2.06.